The molecule has 3 rings (SSSR count). The first-order chi connectivity index (χ1) is 14.8. The highest BCUT2D eigenvalue weighted by molar-refractivity contribution is 5.86. The van der Waals surface area contributed by atoms with E-state index < -0.39 is 34.9 Å². The van der Waals surface area contributed by atoms with Gasteiger partial charge in [0.2, 0.25) is 5.91 Å². The number of nitrogens with one attached hydrogen (secondary N) is 1. The second-order valence-electron chi connectivity index (χ2n) is 9.25. The summed E-state index contributed by atoms with van der Waals surface area (Å²) in [6.07, 6.45) is -0.229. The number of alkyl carbamates (subject to hydrolysis) is 1. The third kappa shape index (κ3) is 5.40. The molecule has 0 unspecified atom stereocenters. The van der Waals surface area contributed by atoms with Crippen LogP contribution in [0, 0.1) is 5.41 Å². The maximum absolute atomic E-state index is 13.4. The van der Waals surface area contributed by atoms with Gasteiger partial charge in [-0.05, 0) is 45.2 Å². The van der Waals surface area contributed by atoms with Crippen molar-refractivity contribution >= 4 is 12.0 Å². The molecule has 0 radical (unpaired) electrons. The van der Waals surface area contributed by atoms with E-state index in [2.05, 4.69) is 10.3 Å². The summed E-state index contributed by atoms with van der Waals surface area (Å²) in [7, 11) is 0. The number of hydrogen-bond acceptors (Lipinski definition) is 5. The van der Waals surface area contributed by atoms with E-state index in [0.717, 1.165) is 12.3 Å². The average Bonchev–Trinajstić information content (AvgIpc) is 3.08. The molecule has 0 aromatic carbocycles. The lowest BCUT2D eigenvalue weighted by Crippen LogP contribution is -2.47. The number of carbonyl (C=O) groups excluding carboxylic acids is 2. The van der Waals surface area contributed by atoms with Crippen molar-refractivity contribution in [2.24, 2.45) is 5.41 Å². The number of nitrogens with zero attached hydrogens (tertiary/aromatic N) is 2. The monoisotopic (exact) mass is 455 g/mol. The standard InChI is InChI=1S/C22H28F3N3O4/c1-20(2,3)32-19(31)27-16-4-6-21(11-16,7-9-29)18(30)28-8-5-17-14(13-28)10-15(12-26-17)22(23,24)25/h4,6,10,12,16,29H,5,7-9,11,13H2,1-3H3,(H,27,31)/t16-,21-/m1/s1. The predicted octanol–water partition coefficient (Wildman–Crippen LogP) is 3.21. The maximum atomic E-state index is 13.4. The molecular weight excluding hydrogens is 427 g/mol. The third-order valence-corrected chi connectivity index (χ3v) is 5.57. The van der Waals surface area contributed by atoms with Gasteiger partial charge in [-0.25, -0.2) is 4.79 Å². The molecule has 176 valence electrons. The molecule has 0 saturated heterocycles. The van der Waals surface area contributed by atoms with Gasteiger partial charge in [-0.15, -0.1) is 0 Å². The minimum atomic E-state index is -4.51. The van der Waals surface area contributed by atoms with Crippen LogP contribution in [-0.4, -0.2) is 51.8 Å². The zero-order chi connectivity index (χ0) is 23.7. The molecule has 2 aliphatic rings. The Morgan fingerprint density at radius 2 is 2.06 bits per heavy atom. The fourth-order valence-corrected chi connectivity index (χ4v) is 4.11. The van der Waals surface area contributed by atoms with Gasteiger partial charge in [0.1, 0.15) is 5.60 Å². The number of ether oxygens (including phenoxy) is 1. The molecule has 0 fully saturated rings. The van der Waals surface area contributed by atoms with E-state index in [9.17, 15) is 27.9 Å². The molecule has 10 heteroatoms. The highest BCUT2D eigenvalue weighted by Gasteiger charge is 2.44. The maximum Gasteiger partial charge on any atom is 0.417 e. The van der Waals surface area contributed by atoms with Crippen LogP contribution in [0.1, 0.15) is 50.4 Å². The molecule has 0 bridgehead atoms. The Morgan fingerprint density at radius 1 is 1.34 bits per heavy atom. The zero-order valence-corrected chi connectivity index (χ0v) is 18.3. The van der Waals surface area contributed by atoms with Crippen LogP contribution >= 0.6 is 0 Å². The quantitative estimate of drug-likeness (QED) is 0.681. The van der Waals surface area contributed by atoms with Gasteiger partial charge in [-0.3, -0.25) is 9.78 Å². The third-order valence-electron chi connectivity index (χ3n) is 5.57. The Balaban J connectivity index is 1.74. The number of aliphatic hydroxyl groups excluding tert-OH is 1. The number of aliphatic hydroxyl groups is 1. The molecule has 2 heterocycles. The van der Waals surface area contributed by atoms with Gasteiger partial charge in [0, 0.05) is 38.0 Å². The van der Waals surface area contributed by atoms with E-state index in [1.807, 2.05) is 0 Å². The Kier molecular flexibility index (Phi) is 6.55. The Bertz CT molecular complexity index is 911. The molecule has 1 aliphatic heterocycles. The number of amides is 2. The smallest absolute Gasteiger partial charge is 0.417 e. The van der Waals surface area contributed by atoms with E-state index in [0.29, 0.717) is 24.2 Å². The minimum Gasteiger partial charge on any atom is -0.444 e. The van der Waals surface area contributed by atoms with Crippen LogP contribution in [0.4, 0.5) is 18.0 Å². The molecule has 0 spiro atoms. The van der Waals surface area contributed by atoms with Crippen molar-refractivity contribution in [3.8, 4) is 0 Å². The second-order valence-corrected chi connectivity index (χ2v) is 9.25. The van der Waals surface area contributed by atoms with Crippen LogP contribution in [0.5, 0.6) is 0 Å². The van der Waals surface area contributed by atoms with Crippen molar-refractivity contribution < 1.29 is 32.6 Å². The van der Waals surface area contributed by atoms with E-state index >= 15 is 0 Å². The summed E-state index contributed by atoms with van der Waals surface area (Å²) in [6.45, 7) is 5.29. The number of pyridine rings is 1. The predicted molar refractivity (Wildman–Crippen MR) is 109 cm³/mol. The highest BCUT2D eigenvalue weighted by atomic mass is 19.4. The molecular formula is C22H28F3N3O4. The van der Waals surface area contributed by atoms with Crippen molar-refractivity contribution in [1.29, 1.82) is 0 Å². The molecule has 2 amide bonds. The fourth-order valence-electron chi connectivity index (χ4n) is 4.11. The van der Waals surface area contributed by atoms with Crippen LogP contribution in [0.25, 0.3) is 0 Å². The molecule has 2 atom stereocenters. The summed E-state index contributed by atoms with van der Waals surface area (Å²) >= 11 is 0. The lowest BCUT2D eigenvalue weighted by molar-refractivity contribution is -0.141. The van der Waals surface area contributed by atoms with Crippen LogP contribution < -0.4 is 5.32 Å². The van der Waals surface area contributed by atoms with Crippen LogP contribution in [0.15, 0.2) is 24.4 Å². The fraction of sp³-hybridized carbons (Fsp3) is 0.591. The number of alkyl halides is 3. The topological polar surface area (TPSA) is 91.8 Å². The van der Waals surface area contributed by atoms with Crippen molar-refractivity contribution in [3.05, 3.63) is 41.2 Å². The van der Waals surface area contributed by atoms with Crippen LogP contribution in [0.3, 0.4) is 0 Å². The largest absolute Gasteiger partial charge is 0.444 e. The number of halogens is 3. The molecule has 32 heavy (non-hydrogen) atoms. The van der Waals surface area contributed by atoms with Crippen molar-refractivity contribution in [1.82, 2.24) is 15.2 Å². The van der Waals surface area contributed by atoms with E-state index in [1.54, 1.807) is 32.9 Å². The first-order valence-electron chi connectivity index (χ1n) is 10.5. The highest BCUT2D eigenvalue weighted by Crippen LogP contribution is 2.39. The Hall–Kier alpha value is -2.62. The number of hydrogen-bond donors (Lipinski definition) is 2. The number of rotatable bonds is 4. The van der Waals surface area contributed by atoms with Gasteiger partial charge in [0.15, 0.2) is 0 Å². The Labute approximate surface area is 184 Å². The van der Waals surface area contributed by atoms with Gasteiger partial charge in [-0.2, -0.15) is 13.2 Å². The van der Waals surface area contributed by atoms with Gasteiger partial charge in [0.25, 0.3) is 0 Å². The SMILES string of the molecule is CC(C)(C)OC(=O)N[C@@H]1C=C[C@](CCO)(C(=O)N2CCc3ncc(C(F)(F)F)cc3C2)C1. The summed E-state index contributed by atoms with van der Waals surface area (Å²) in [4.78, 5) is 31.0. The molecule has 0 saturated carbocycles. The molecule has 1 aliphatic carbocycles. The molecule has 1 aromatic heterocycles. The normalized spacial score (nSPS) is 23.1. The van der Waals surface area contributed by atoms with Gasteiger partial charge in [-0.1, -0.05) is 12.2 Å². The van der Waals surface area contributed by atoms with Crippen molar-refractivity contribution in [2.45, 2.75) is 64.4 Å². The average molecular weight is 455 g/mol. The second kappa shape index (κ2) is 8.73. The van der Waals surface area contributed by atoms with E-state index in [4.69, 9.17) is 4.74 Å². The molecule has 7 nitrogen and oxygen atoms in total. The number of aromatic nitrogens is 1. The van der Waals surface area contributed by atoms with E-state index in [1.165, 1.54) is 4.90 Å². The van der Waals surface area contributed by atoms with E-state index in [-0.39, 0.29) is 31.9 Å². The first-order valence-corrected chi connectivity index (χ1v) is 10.5. The molecule has 2 N–H and O–H groups in total. The lowest BCUT2D eigenvalue weighted by atomic mass is 9.81. The Morgan fingerprint density at radius 3 is 2.69 bits per heavy atom. The van der Waals surface area contributed by atoms with Crippen LogP contribution in [-0.2, 0) is 28.7 Å². The van der Waals surface area contributed by atoms with Crippen LogP contribution in [0.2, 0.25) is 0 Å². The van der Waals surface area contributed by atoms with Gasteiger partial charge in [0.05, 0.1) is 17.0 Å². The van der Waals surface area contributed by atoms with Gasteiger partial charge >= 0.3 is 12.3 Å². The summed E-state index contributed by atoms with van der Waals surface area (Å²) in [6, 6.07) is 0.577. The summed E-state index contributed by atoms with van der Waals surface area (Å²) < 4.78 is 44.5. The van der Waals surface area contributed by atoms with Crippen molar-refractivity contribution in [2.75, 3.05) is 13.2 Å². The number of fused-ring (bicyclic) bond motifs is 1. The minimum absolute atomic E-state index is 0.0102. The summed E-state index contributed by atoms with van der Waals surface area (Å²) in [5, 5.41) is 12.3. The lowest BCUT2D eigenvalue weighted by Gasteiger charge is -2.36. The molecule has 1 aromatic rings. The number of carbonyl (C=O) groups is 2. The summed E-state index contributed by atoms with van der Waals surface area (Å²) in [5.41, 5.74) is -1.66. The van der Waals surface area contributed by atoms with Crippen molar-refractivity contribution in [3.63, 3.8) is 0 Å². The summed E-state index contributed by atoms with van der Waals surface area (Å²) in [5.74, 6) is -0.292. The zero-order valence-electron chi connectivity index (χ0n) is 18.3. The first kappa shape index (κ1) is 24.0. The van der Waals surface area contributed by atoms with Gasteiger partial charge < -0.3 is 20.1 Å².